The van der Waals surface area contributed by atoms with Crippen molar-refractivity contribution >= 4 is 17.0 Å². The molecule has 0 aliphatic rings. The number of aliphatic hydroxyl groups is 1. The van der Waals surface area contributed by atoms with Gasteiger partial charge in [-0.25, -0.2) is 4.98 Å². The first-order chi connectivity index (χ1) is 13.2. The van der Waals surface area contributed by atoms with Crippen LogP contribution < -0.4 is 10.5 Å². The van der Waals surface area contributed by atoms with Crippen molar-refractivity contribution in [1.29, 1.82) is 0 Å². The number of fused-ring (bicyclic) bond motifs is 1. The van der Waals surface area contributed by atoms with Crippen molar-refractivity contribution in [2.24, 2.45) is 0 Å². The highest BCUT2D eigenvalue weighted by Gasteiger charge is 2.13. The van der Waals surface area contributed by atoms with Crippen molar-refractivity contribution < 1.29 is 9.84 Å². The summed E-state index contributed by atoms with van der Waals surface area (Å²) in [6.07, 6.45) is 5.08. The molecule has 0 aliphatic heterocycles. The molecule has 8 nitrogen and oxygen atoms in total. The van der Waals surface area contributed by atoms with Crippen LogP contribution in [0.1, 0.15) is 16.7 Å². The maximum atomic E-state index is 9.31. The lowest BCUT2D eigenvalue weighted by Gasteiger charge is -2.08. The van der Waals surface area contributed by atoms with E-state index in [0.29, 0.717) is 24.3 Å². The number of nitrogen functional groups attached to an aromatic ring is 1. The number of ether oxygens (including phenoxy) is 1. The minimum absolute atomic E-state index is 0.000624. The Morgan fingerprint density at radius 1 is 1.04 bits per heavy atom. The van der Waals surface area contributed by atoms with Gasteiger partial charge in [0.2, 0.25) is 0 Å². The van der Waals surface area contributed by atoms with Gasteiger partial charge in [0.15, 0.2) is 17.0 Å². The minimum Gasteiger partial charge on any atom is -0.458 e. The number of anilines is 1. The van der Waals surface area contributed by atoms with E-state index in [1.54, 1.807) is 18.7 Å². The summed E-state index contributed by atoms with van der Waals surface area (Å²) in [5.41, 5.74) is 10.00. The Morgan fingerprint density at radius 3 is 2.67 bits per heavy atom. The third-order valence-electron chi connectivity index (χ3n) is 4.11. The van der Waals surface area contributed by atoms with Crippen LogP contribution in [-0.4, -0.2) is 29.6 Å². The van der Waals surface area contributed by atoms with Crippen LogP contribution in [0.4, 0.5) is 5.82 Å². The standard InChI is InChI=1S/C19H18N6O2/c20-17-16-18(24-19(23-17)27-11-13-4-6-21-7-5-13)25(12-22-16)9-14-2-1-3-15(8-14)10-26/h1-8,12,26H,9-11H2,(H2,20,23,24). The number of benzene rings is 1. The Labute approximate surface area is 155 Å². The van der Waals surface area contributed by atoms with E-state index in [4.69, 9.17) is 10.5 Å². The average Bonchev–Trinajstić information content (AvgIpc) is 3.10. The van der Waals surface area contributed by atoms with Gasteiger partial charge in [-0.05, 0) is 28.8 Å². The highest BCUT2D eigenvalue weighted by molar-refractivity contribution is 5.81. The molecule has 0 saturated heterocycles. The zero-order chi connectivity index (χ0) is 18.6. The highest BCUT2D eigenvalue weighted by Crippen LogP contribution is 2.21. The number of nitrogens with zero attached hydrogens (tertiary/aromatic N) is 5. The molecule has 0 saturated carbocycles. The van der Waals surface area contributed by atoms with Gasteiger partial charge in [-0.2, -0.15) is 9.97 Å². The van der Waals surface area contributed by atoms with E-state index in [1.807, 2.05) is 41.0 Å². The monoisotopic (exact) mass is 362 g/mol. The van der Waals surface area contributed by atoms with Gasteiger partial charge >= 0.3 is 6.01 Å². The van der Waals surface area contributed by atoms with Crippen LogP contribution in [0, 0.1) is 0 Å². The molecule has 0 radical (unpaired) electrons. The molecule has 136 valence electrons. The molecule has 0 bridgehead atoms. The van der Waals surface area contributed by atoms with Crippen LogP contribution >= 0.6 is 0 Å². The predicted molar refractivity (Wildman–Crippen MR) is 99.8 cm³/mol. The van der Waals surface area contributed by atoms with Crippen LogP contribution in [0.25, 0.3) is 11.2 Å². The molecule has 0 fully saturated rings. The van der Waals surface area contributed by atoms with Crippen LogP contribution in [0.15, 0.2) is 55.1 Å². The summed E-state index contributed by atoms with van der Waals surface area (Å²) in [5, 5.41) is 9.31. The van der Waals surface area contributed by atoms with Gasteiger partial charge in [0.05, 0.1) is 19.5 Å². The van der Waals surface area contributed by atoms with Crippen molar-refractivity contribution in [2.75, 3.05) is 5.73 Å². The molecule has 0 aliphatic carbocycles. The van der Waals surface area contributed by atoms with E-state index >= 15 is 0 Å². The Morgan fingerprint density at radius 2 is 1.85 bits per heavy atom. The number of nitrogens with two attached hydrogens (primary N) is 1. The van der Waals surface area contributed by atoms with Gasteiger partial charge in [-0.15, -0.1) is 0 Å². The molecular weight excluding hydrogens is 344 g/mol. The Balaban J connectivity index is 1.61. The second-order valence-corrected chi connectivity index (χ2v) is 6.06. The highest BCUT2D eigenvalue weighted by atomic mass is 16.5. The van der Waals surface area contributed by atoms with Gasteiger partial charge in [0.25, 0.3) is 0 Å². The lowest BCUT2D eigenvalue weighted by Crippen LogP contribution is -2.05. The van der Waals surface area contributed by atoms with E-state index < -0.39 is 0 Å². The number of hydrogen-bond acceptors (Lipinski definition) is 7. The zero-order valence-electron chi connectivity index (χ0n) is 14.5. The van der Waals surface area contributed by atoms with E-state index in [-0.39, 0.29) is 18.4 Å². The van der Waals surface area contributed by atoms with E-state index in [1.165, 1.54) is 0 Å². The topological polar surface area (TPSA) is 112 Å². The third-order valence-corrected chi connectivity index (χ3v) is 4.11. The van der Waals surface area contributed by atoms with Gasteiger partial charge in [0, 0.05) is 12.4 Å². The number of aliphatic hydroxyl groups excluding tert-OH is 1. The van der Waals surface area contributed by atoms with E-state index in [0.717, 1.165) is 16.7 Å². The summed E-state index contributed by atoms with van der Waals surface area (Å²) in [5.74, 6) is 0.271. The lowest BCUT2D eigenvalue weighted by atomic mass is 10.1. The summed E-state index contributed by atoms with van der Waals surface area (Å²) in [6.45, 7) is 0.866. The molecule has 4 rings (SSSR count). The van der Waals surface area contributed by atoms with Crippen molar-refractivity contribution in [3.05, 3.63) is 71.8 Å². The Bertz CT molecular complexity index is 1060. The van der Waals surface area contributed by atoms with Crippen molar-refractivity contribution in [3.8, 4) is 6.01 Å². The molecule has 1 aromatic carbocycles. The fraction of sp³-hybridized carbons (Fsp3) is 0.158. The number of aromatic nitrogens is 5. The van der Waals surface area contributed by atoms with E-state index in [2.05, 4.69) is 19.9 Å². The van der Waals surface area contributed by atoms with Crippen LogP contribution in [-0.2, 0) is 19.8 Å². The van der Waals surface area contributed by atoms with Gasteiger partial charge < -0.3 is 20.1 Å². The van der Waals surface area contributed by atoms with Crippen molar-refractivity contribution in [2.45, 2.75) is 19.8 Å². The molecule has 0 spiro atoms. The maximum Gasteiger partial charge on any atom is 0.320 e. The Kier molecular flexibility index (Phi) is 4.63. The number of rotatable bonds is 6. The molecular formula is C19H18N6O2. The quantitative estimate of drug-likeness (QED) is 0.539. The molecule has 3 N–H and O–H groups in total. The van der Waals surface area contributed by atoms with Crippen LogP contribution in [0.3, 0.4) is 0 Å². The summed E-state index contributed by atoms with van der Waals surface area (Å²) < 4.78 is 7.57. The largest absolute Gasteiger partial charge is 0.458 e. The smallest absolute Gasteiger partial charge is 0.320 e. The summed E-state index contributed by atoms with van der Waals surface area (Å²) in [7, 11) is 0. The fourth-order valence-electron chi connectivity index (χ4n) is 2.78. The predicted octanol–water partition coefficient (Wildman–Crippen LogP) is 1.92. The fourth-order valence-corrected chi connectivity index (χ4v) is 2.78. The lowest BCUT2D eigenvalue weighted by molar-refractivity contribution is 0.281. The van der Waals surface area contributed by atoms with Crippen LogP contribution in [0.5, 0.6) is 6.01 Å². The molecule has 0 atom stereocenters. The molecule has 8 heteroatoms. The first kappa shape index (κ1) is 16.9. The first-order valence-electron chi connectivity index (χ1n) is 8.41. The van der Waals surface area contributed by atoms with Crippen molar-refractivity contribution in [3.63, 3.8) is 0 Å². The summed E-state index contributed by atoms with van der Waals surface area (Å²) in [4.78, 5) is 17.0. The SMILES string of the molecule is Nc1nc(OCc2ccncc2)nc2c1ncn2Cc1cccc(CO)c1. The summed E-state index contributed by atoms with van der Waals surface area (Å²) >= 11 is 0. The minimum atomic E-state index is 0.000624. The molecule has 0 amide bonds. The average molecular weight is 362 g/mol. The Hall–Kier alpha value is -3.52. The number of pyridine rings is 1. The normalized spacial score (nSPS) is 11.0. The zero-order valence-corrected chi connectivity index (χ0v) is 14.5. The molecule has 4 aromatic rings. The second kappa shape index (κ2) is 7.38. The third kappa shape index (κ3) is 3.70. The second-order valence-electron chi connectivity index (χ2n) is 6.06. The molecule has 3 aromatic heterocycles. The molecule has 27 heavy (non-hydrogen) atoms. The summed E-state index contributed by atoms with van der Waals surface area (Å²) in [6, 6.07) is 11.6. The molecule has 3 heterocycles. The van der Waals surface area contributed by atoms with Gasteiger partial charge in [-0.1, -0.05) is 24.3 Å². The van der Waals surface area contributed by atoms with E-state index in [9.17, 15) is 5.11 Å². The maximum absolute atomic E-state index is 9.31. The number of imidazole rings is 1. The van der Waals surface area contributed by atoms with Gasteiger partial charge in [0.1, 0.15) is 6.61 Å². The van der Waals surface area contributed by atoms with Crippen LogP contribution in [0.2, 0.25) is 0 Å². The molecule has 0 unspecified atom stereocenters. The number of hydrogen-bond donors (Lipinski definition) is 2. The van der Waals surface area contributed by atoms with Crippen molar-refractivity contribution in [1.82, 2.24) is 24.5 Å². The van der Waals surface area contributed by atoms with Gasteiger partial charge in [-0.3, -0.25) is 4.98 Å². The first-order valence-corrected chi connectivity index (χ1v) is 8.41.